The largest absolute Gasteiger partial charge is 0.492 e. The number of hydrogen-bond acceptors (Lipinski definition) is 3. The summed E-state index contributed by atoms with van der Waals surface area (Å²) in [5.41, 5.74) is 0.446. The molecule has 0 unspecified atom stereocenters. The summed E-state index contributed by atoms with van der Waals surface area (Å²) in [4.78, 5) is 14.2. The van der Waals surface area contributed by atoms with Gasteiger partial charge in [0.25, 0.3) is 0 Å². The second-order valence-electron chi connectivity index (χ2n) is 6.28. The highest BCUT2D eigenvalue weighted by molar-refractivity contribution is 5.91. The molecule has 150 valence electrons. The molecule has 1 fully saturated rings. The molecule has 0 spiro atoms. The summed E-state index contributed by atoms with van der Waals surface area (Å²) in [6.45, 7) is 3.26. The zero-order chi connectivity index (χ0) is 20.1. The molecule has 0 radical (unpaired) electrons. The van der Waals surface area contributed by atoms with E-state index < -0.39 is 17.8 Å². The van der Waals surface area contributed by atoms with Crippen molar-refractivity contribution in [3.8, 4) is 5.75 Å². The average molecular weight is 394 g/mol. The number of carbonyl (C=O) groups excluding carboxylic acids is 1. The number of amides is 2. The molecule has 1 aliphatic rings. The molecule has 5 nitrogen and oxygen atoms in total. The lowest BCUT2D eigenvalue weighted by Crippen LogP contribution is -2.44. The maximum absolute atomic E-state index is 12.7. The van der Waals surface area contributed by atoms with Gasteiger partial charge in [-0.05, 0) is 36.8 Å². The smallest absolute Gasteiger partial charge is 0.416 e. The van der Waals surface area contributed by atoms with Gasteiger partial charge in [0.05, 0.1) is 31.0 Å². The van der Waals surface area contributed by atoms with Crippen molar-refractivity contribution in [2.75, 3.05) is 31.6 Å². The number of nitrogens with one attached hydrogen (secondary N) is 1. The van der Waals surface area contributed by atoms with Crippen molar-refractivity contribution in [2.45, 2.75) is 19.2 Å². The van der Waals surface area contributed by atoms with E-state index in [4.69, 9.17) is 9.47 Å². The first-order chi connectivity index (χ1) is 13.4. The van der Waals surface area contributed by atoms with Crippen LogP contribution in [0.1, 0.15) is 24.2 Å². The number of hydrogen-bond donors (Lipinski definition) is 1. The van der Waals surface area contributed by atoms with Gasteiger partial charge in [0, 0.05) is 6.54 Å². The highest BCUT2D eigenvalue weighted by atomic mass is 19.4. The van der Waals surface area contributed by atoms with E-state index in [9.17, 15) is 18.0 Å². The van der Waals surface area contributed by atoms with Gasteiger partial charge in [0.1, 0.15) is 11.9 Å². The Morgan fingerprint density at radius 3 is 2.61 bits per heavy atom. The lowest BCUT2D eigenvalue weighted by Gasteiger charge is -2.33. The van der Waals surface area contributed by atoms with Crippen LogP contribution >= 0.6 is 0 Å². The molecule has 0 bridgehead atoms. The fraction of sp³-hybridized carbons (Fsp3) is 0.350. The second kappa shape index (κ2) is 8.52. The van der Waals surface area contributed by atoms with E-state index in [0.29, 0.717) is 36.8 Å². The quantitative estimate of drug-likeness (QED) is 0.817. The monoisotopic (exact) mass is 394 g/mol. The van der Waals surface area contributed by atoms with Crippen molar-refractivity contribution in [2.24, 2.45) is 0 Å². The van der Waals surface area contributed by atoms with Gasteiger partial charge in [0.2, 0.25) is 0 Å². The van der Waals surface area contributed by atoms with Crippen LogP contribution in [-0.2, 0) is 10.9 Å². The van der Waals surface area contributed by atoms with Crippen molar-refractivity contribution in [1.29, 1.82) is 0 Å². The minimum absolute atomic E-state index is 0.244. The average Bonchev–Trinajstić information content (AvgIpc) is 2.69. The predicted octanol–water partition coefficient (Wildman–Crippen LogP) is 4.71. The van der Waals surface area contributed by atoms with Crippen LogP contribution in [-0.4, -0.2) is 37.2 Å². The van der Waals surface area contributed by atoms with Crippen LogP contribution in [0.2, 0.25) is 0 Å². The van der Waals surface area contributed by atoms with E-state index >= 15 is 0 Å². The molecule has 0 saturated carbocycles. The number of morpholine rings is 1. The SMILES string of the molecule is CCOc1ccccc1NC(=O)N1CCO[C@H](c2ccc(C(F)(F)F)cc2)C1. The van der Waals surface area contributed by atoms with E-state index in [-0.39, 0.29) is 12.6 Å². The van der Waals surface area contributed by atoms with Crippen molar-refractivity contribution in [3.05, 3.63) is 59.7 Å². The molecule has 1 atom stereocenters. The van der Waals surface area contributed by atoms with E-state index in [0.717, 1.165) is 12.1 Å². The minimum atomic E-state index is -4.38. The number of halogens is 3. The summed E-state index contributed by atoms with van der Waals surface area (Å²) in [7, 11) is 0. The lowest BCUT2D eigenvalue weighted by atomic mass is 10.1. The third-order valence-corrected chi connectivity index (χ3v) is 4.39. The fourth-order valence-electron chi connectivity index (χ4n) is 2.97. The van der Waals surface area contributed by atoms with Gasteiger partial charge in [-0.15, -0.1) is 0 Å². The molecule has 1 saturated heterocycles. The summed E-state index contributed by atoms with van der Waals surface area (Å²) in [5, 5.41) is 2.82. The minimum Gasteiger partial charge on any atom is -0.492 e. The molecule has 28 heavy (non-hydrogen) atoms. The van der Waals surface area contributed by atoms with Gasteiger partial charge < -0.3 is 19.7 Å². The zero-order valence-electron chi connectivity index (χ0n) is 15.3. The van der Waals surface area contributed by atoms with Crippen molar-refractivity contribution >= 4 is 11.7 Å². The normalized spacial score (nSPS) is 17.3. The van der Waals surface area contributed by atoms with E-state index in [1.165, 1.54) is 12.1 Å². The summed E-state index contributed by atoms with van der Waals surface area (Å²) in [6, 6.07) is 11.6. The van der Waals surface area contributed by atoms with Gasteiger partial charge in [-0.1, -0.05) is 24.3 Å². The summed E-state index contributed by atoms with van der Waals surface area (Å²) >= 11 is 0. The van der Waals surface area contributed by atoms with Crippen LogP contribution in [0.3, 0.4) is 0 Å². The Kier molecular flexibility index (Phi) is 6.08. The predicted molar refractivity (Wildman–Crippen MR) is 98.3 cm³/mol. The Balaban J connectivity index is 1.67. The van der Waals surface area contributed by atoms with Gasteiger partial charge in [-0.3, -0.25) is 0 Å². The summed E-state index contributed by atoms with van der Waals surface area (Å²) in [6.07, 6.45) is -4.87. The maximum atomic E-state index is 12.7. The number of ether oxygens (including phenoxy) is 2. The first kappa shape index (κ1) is 20.0. The van der Waals surface area contributed by atoms with Crippen molar-refractivity contribution < 1.29 is 27.4 Å². The second-order valence-corrected chi connectivity index (χ2v) is 6.28. The molecular weight excluding hydrogens is 373 g/mol. The van der Waals surface area contributed by atoms with Gasteiger partial charge in [-0.25, -0.2) is 4.79 Å². The molecular formula is C20H21F3N2O3. The Bertz CT molecular complexity index is 809. The highest BCUT2D eigenvalue weighted by Gasteiger charge is 2.31. The number of urea groups is 1. The lowest BCUT2D eigenvalue weighted by molar-refractivity contribution is -0.137. The van der Waals surface area contributed by atoms with Crippen molar-refractivity contribution in [1.82, 2.24) is 4.90 Å². The molecule has 2 aromatic carbocycles. The zero-order valence-corrected chi connectivity index (χ0v) is 15.3. The third-order valence-electron chi connectivity index (χ3n) is 4.39. The molecule has 1 N–H and O–H groups in total. The van der Waals surface area contributed by atoms with Crippen LogP contribution < -0.4 is 10.1 Å². The number of alkyl halides is 3. The Morgan fingerprint density at radius 2 is 1.93 bits per heavy atom. The van der Waals surface area contributed by atoms with Gasteiger partial charge >= 0.3 is 12.2 Å². The number of carbonyl (C=O) groups is 1. The first-order valence-electron chi connectivity index (χ1n) is 8.95. The van der Waals surface area contributed by atoms with Crippen LogP contribution in [0.25, 0.3) is 0 Å². The highest BCUT2D eigenvalue weighted by Crippen LogP contribution is 2.31. The molecule has 0 aromatic heterocycles. The fourth-order valence-corrected chi connectivity index (χ4v) is 2.97. The molecule has 0 aliphatic carbocycles. The Labute approximate surface area is 161 Å². The number of para-hydroxylation sites is 2. The number of rotatable bonds is 4. The standard InChI is InChI=1S/C20H21F3N2O3/c1-2-27-17-6-4-3-5-16(17)24-19(26)25-11-12-28-18(13-25)14-7-9-15(10-8-14)20(21,22)23/h3-10,18H,2,11-13H2,1H3,(H,24,26)/t18-/m0/s1. The third kappa shape index (κ3) is 4.75. The Hall–Kier alpha value is -2.74. The van der Waals surface area contributed by atoms with E-state index in [1.54, 1.807) is 23.1 Å². The number of benzene rings is 2. The van der Waals surface area contributed by atoms with Gasteiger partial charge in [-0.2, -0.15) is 13.2 Å². The summed E-state index contributed by atoms with van der Waals surface area (Å²) < 4.78 is 49.3. The van der Waals surface area contributed by atoms with Crippen LogP contribution in [0.15, 0.2) is 48.5 Å². The molecule has 8 heteroatoms. The maximum Gasteiger partial charge on any atom is 0.416 e. The number of nitrogens with zero attached hydrogens (tertiary/aromatic N) is 1. The first-order valence-corrected chi connectivity index (χ1v) is 8.95. The van der Waals surface area contributed by atoms with Gasteiger partial charge in [0.15, 0.2) is 0 Å². The van der Waals surface area contributed by atoms with Crippen LogP contribution in [0, 0.1) is 0 Å². The molecule has 1 aliphatic heterocycles. The Morgan fingerprint density at radius 1 is 1.21 bits per heavy atom. The van der Waals surface area contributed by atoms with E-state index in [2.05, 4.69) is 5.32 Å². The molecule has 2 aromatic rings. The molecule has 2 amide bonds. The molecule has 1 heterocycles. The molecule has 3 rings (SSSR count). The number of anilines is 1. The van der Waals surface area contributed by atoms with Crippen LogP contribution in [0.5, 0.6) is 5.75 Å². The topological polar surface area (TPSA) is 50.8 Å². The van der Waals surface area contributed by atoms with E-state index in [1.807, 2.05) is 13.0 Å². The van der Waals surface area contributed by atoms with Crippen LogP contribution in [0.4, 0.5) is 23.7 Å². The van der Waals surface area contributed by atoms with Crippen molar-refractivity contribution in [3.63, 3.8) is 0 Å². The summed E-state index contributed by atoms with van der Waals surface area (Å²) in [5.74, 6) is 0.575.